The van der Waals surface area contributed by atoms with Gasteiger partial charge in [0.05, 0.1) is 0 Å². The van der Waals surface area contributed by atoms with Crippen LogP contribution in [0.15, 0.2) is 36.4 Å². The second-order valence-electron chi connectivity index (χ2n) is 5.87. The number of allylic oxidation sites excluding steroid dienone is 2. The molecule has 2 rings (SSSR count). The SMILES string of the molecule is CCN(CC)C(=O)c1ccc(CNC(=O)C2CC=CCC2)cc1. The van der Waals surface area contributed by atoms with Crippen LogP contribution in [0.2, 0.25) is 0 Å². The molecule has 1 aliphatic rings. The van der Waals surface area contributed by atoms with Gasteiger partial charge in [-0.15, -0.1) is 0 Å². The predicted molar refractivity (Wildman–Crippen MR) is 92.0 cm³/mol. The molecule has 1 unspecified atom stereocenters. The van der Waals surface area contributed by atoms with E-state index in [2.05, 4.69) is 17.5 Å². The van der Waals surface area contributed by atoms with Crippen LogP contribution >= 0.6 is 0 Å². The number of nitrogens with zero attached hydrogens (tertiary/aromatic N) is 1. The van der Waals surface area contributed by atoms with Gasteiger partial charge < -0.3 is 10.2 Å². The summed E-state index contributed by atoms with van der Waals surface area (Å²) in [5, 5.41) is 2.99. The first-order valence-corrected chi connectivity index (χ1v) is 8.46. The van der Waals surface area contributed by atoms with Gasteiger partial charge in [0.2, 0.25) is 5.91 Å². The maximum absolute atomic E-state index is 12.2. The average Bonchev–Trinajstić information content (AvgIpc) is 2.61. The molecule has 4 heteroatoms. The second-order valence-corrected chi connectivity index (χ2v) is 5.87. The van der Waals surface area contributed by atoms with E-state index in [0.29, 0.717) is 25.2 Å². The summed E-state index contributed by atoms with van der Waals surface area (Å²) < 4.78 is 0. The van der Waals surface area contributed by atoms with Crippen LogP contribution in [0.1, 0.15) is 49.0 Å². The Bertz CT molecular complexity index is 559. The normalized spacial score (nSPS) is 16.9. The number of benzene rings is 1. The highest BCUT2D eigenvalue weighted by Gasteiger charge is 2.18. The van der Waals surface area contributed by atoms with Crippen LogP contribution in [-0.2, 0) is 11.3 Å². The summed E-state index contributed by atoms with van der Waals surface area (Å²) >= 11 is 0. The molecule has 0 heterocycles. The van der Waals surface area contributed by atoms with Gasteiger partial charge in [0.25, 0.3) is 5.91 Å². The third-order valence-corrected chi connectivity index (χ3v) is 4.36. The van der Waals surface area contributed by atoms with Crippen molar-refractivity contribution in [2.75, 3.05) is 13.1 Å². The zero-order valence-electron chi connectivity index (χ0n) is 14.0. The van der Waals surface area contributed by atoms with E-state index >= 15 is 0 Å². The highest BCUT2D eigenvalue weighted by Crippen LogP contribution is 2.18. The van der Waals surface area contributed by atoms with Crippen molar-refractivity contribution in [1.29, 1.82) is 0 Å². The van der Waals surface area contributed by atoms with Crippen molar-refractivity contribution in [2.45, 2.75) is 39.7 Å². The van der Waals surface area contributed by atoms with E-state index < -0.39 is 0 Å². The molecule has 0 spiro atoms. The molecule has 1 atom stereocenters. The number of rotatable bonds is 6. The topological polar surface area (TPSA) is 49.4 Å². The number of hydrogen-bond donors (Lipinski definition) is 1. The summed E-state index contributed by atoms with van der Waals surface area (Å²) in [6, 6.07) is 7.51. The molecule has 1 aromatic carbocycles. The van der Waals surface area contributed by atoms with Gasteiger partial charge in [-0.05, 0) is 50.8 Å². The van der Waals surface area contributed by atoms with E-state index in [1.807, 2.05) is 38.1 Å². The Balaban J connectivity index is 1.88. The molecular weight excluding hydrogens is 288 g/mol. The van der Waals surface area contributed by atoms with Gasteiger partial charge in [0, 0.05) is 31.1 Å². The lowest BCUT2D eigenvalue weighted by Gasteiger charge is -2.19. The fourth-order valence-corrected chi connectivity index (χ4v) is 2.82. The van der Waals surface area contributed by atoms with Crippen LogP contribution in [0.25, 0.3) is 0 Å². The van der Waals surface area contributed by atoms with Gasteiger partial charge in [-0.25, -0.2) is 0 Å². The minimum atomic E-state index is 0.0552. The summed E-state index contributed by atoms with van der Waals surface area (Å²) in [4.78, 5) is 26.1. The molecular formula is C19H26N2O2. The first-order chi connectivity index (χ1) is 11.2. The number of hydrogen-bond acceptors (Lipinski definition) is 2. The summed E-state index contributed by atoms with van der Waals surface area (Å²) in [6.45, 7) is 5.89. The van der Waals surface area contributed by atoms with Crippen LogP contribution in [-0.4, -0.2) is 29.8 Å². The third-order valence-electron chi connectivity index (χ3n) is 4.36. The van der Waals surface area contributed by atoms with Crippen molar-refractivity contribution in [1.82, 2.24) is 10.2 Å². The molecule has 2 amide bonds. The molecule has 0 fully saturated rings. The van der Waals surface area contributed by atoms with Gasteiger partial charge in [-0.1, -0.05) is 24.3 Å². The lowest BCUT2D eigenvalue weighted by Crippen LogP contribution is -2.31. The minimum absolute atomic E-state index is 0.0552. The summed E-state index contributed by atoms with van der Waals surface area (Å²) in [7, 11) is 0. The van der Waals surface area contributed by atoms with Crippen molar-refractivity contribution in [2.24, 2.45) is 5.92 Å². The van der Waals surface area contributed by atoms with Gasteiger partial charge in [-0.3, -0.25) is 9.59 Å². The fourth-order valence-electron chi connectivity index (χ4n) is 2.82. The highest BCUT2D eigenvalue weighted by molar-refractivity contribution is 5.94. The Kier molecular flexibility index (Phi) is 6.39. The molecule has 1 aliphatic carbocycles. The van der Waals surface area contributed by atoms with E-state index in [9.17, 15) is 9.59 Å². The maximum Gasteiger partial charge on any atom is 0.253 e. The van der Waals surface area contributed by atoms with Gasteiger partial charge >= 0.3 is 0 Å². The van der Waals surface area contributed by atoms with E-state index in [0.717, 1.165) is 24.8 Å². The molecule has 0 aromatic heterocycles. The number of carbonyl (C=O) groups is 2. The average molecular weight is 314 g/mol. The molecule has 0 saturated carbocycles. The summed E-state index contributed by atoms with van der Waals surface area (Å²) in [5.74, 6) is 0.278. The number of carbonyl (C=O) groups excluding carboxylic acids is 2. The van der Waals surface area contributed by atoms with Gasteiger partial charge in [0.15, 0.2) is 0 Å². The smallest absolute Gasteiger partial charge is 0.253 e. The Hall–Kier alpha value is -2.10. The van der Waals surface area contributed by atoms with Crippen molar-refractivity contribution < 1.29 is 9.59 Å². The first kappa shape index (κ1) is 17.3. The molecule has 1 aromatic rings. The minimum Gasteiger partial charge on any atom is -0.352 e. The molecule has 1 N–H and O–H groups in total. The maximum atomic E-state index is 12.2. The standard InChI is InChI=1S/C19H26N2O2/c1-3-21(4-2)19(23)17-12-10-15(11-13-17)14-20-18(22)16-8-6-5-7-9-16/h5-6,10-13,16H,3-4,7-9,14H2,1-2H3,(H,20,22). The fraction of sp³-hybridized carbons (Fsp3) is 0.474. The molecule has 4 nitrogen and oxygen atoms in total. The molecule has 0 radical (unpaired) electrons. The van der Waals surface area contributed by atoms with E-state index in [-0.39, 0.29) is 17.7 Å². The van der Waals surface area contributed by atoms with Gasteiger partial charge in [0.1, 0.15) is 0 Å². The zero-order chi connectivity index (χ0) is 16.7. The zero-order valence-corrected chi connectivity index (χ0v) is 14.0. The largest absolute Gasteiger partial charge is 0.352 e. The van der Waals surface area contributed by atoms with Crippen LogP contribution in [0, 0.1) is 5.92 Å². The van der Waals surface area contributed by atoms with E-state index in [4.69, 9.17) is 0 Å². The Morgan fingerprint density at radius 2 is 1.83 bits per heavy atom. The van der Waals surface area contributed by atoms with Crippen LogP contribution < -0.4 is 5.32 Å². The molecule has 0 saturated heterocycles. The Morgan fingerprint density at radius 1 is 1.13 bits per heavy atom. The monoisotopic (exact) mass is 314 g/mol. The highest BCUT2D eigenvalue weighted by atomic mass is 16.2. The Labute approximate surface area is 138 Å². The van der Waals surface area contributed by atoms with Crippen molar-refractivity contribution in [3.8, 4) is 0 Å². The first-order valence-electron chi connectivity index (χ1n) is 8.46. The third kappa shape index (κ3) is 4.68. The van der Waals surface area contributed by atoms with Gasteiger partial charge in [-0.2, -0.15) is 0 Å². The second kappa shape index (κ2) is 8.51. The number of amides is 2. The molecule has 0 aliphatic heterocycles. The van der Waals surface area contributed by atoms with Crippen LogP contribution in [0.5, 0.6) is 0 Å². The summed E-state index contributed by atoms with van der Waals surface area (Å²) in [5.41, 5.74) is 1.71. The lowest BCUT2D eigenvalue weighted by atomic mass is 9.93. The van der Waals surface area contributed by atoms with Crippen LogP contribution in [0.4, 0.5) is 0 Å². The Morgan fingerprint density at radius 3 is 2.39 bits per heavy atom. The van der Waals surface area contributed by atoms with Crippen molar-refractivity contribution >= 4 is 11.8 Å². The van der Waals surface area contributed by atoms with Crippen molar-refractivity contribution in [3.63, 3.8) is 0 Å². The van der Waals surface area contributed by atoms with Crippen LogP contribution in [0.3, 0.4) is 0 Å². The van der Waals surface area contributed by atoms with E-state index in [1.165, 1.54) is 0 Å². The molecule has 0 bridgehead atoms. The number of nitrogens with one attached hydrogen (secondary N) is 1. The predicted octanol–water partition coefficient (Wildman–Crippen LogP) is 3.14. The van der Waals surface area contributed by atoms with E-state index in [1.54, 1.807) is 4.90 Å². The quantitative estimate of drug-likeness (QED) is 0.820. The lowest BCUT2D eigenvalue weighted by molar-refractivity contribution is -0.125. The molecule has 23 heavy (non-hydrogen) atoms. The summed E-state index contributed by atoms with van der Waals surface area (Å²) in [6.07, 6.45) is 6.97. The molecule has 124 valence electrons. The van der Waals surface area contributed by atoms with Crippen molar-refractivity contribution in [3.05, 3.63) is 47.5 Å².